The highest BCUT2D eigenvalue weighted by atomic mass is 19.1. The second-order valence-corrected chi connectivity index (χ2v) is 4.48. The molecule has 3 rings (SSSR count). The lowest BCUT2D eigenvalue weighted by atomic mass is 10.0. The largest absolute Gasteiger partial charge is 0.467 e. The second kappa shape index (κ2) is 5.61. The van der Waals surface area contributed by atoms with Crippen LogP contribution < -0.4 is 5.32 Å². The van der Waals surface area contributed by atoms with Crippen LogP contribution in [0.15, 0.2) is 77.4 Å². The molecule has 100 valence electrons. The van der Waals surface area contributed by atoms with Crippen molar-refractivity contribution in [1.29, 1.82) is 0 Å². The van der Waals surface area contributed by atoms with E-state index in [1.54, 1.807) is 24.5 Å². The molecule has 2 nitrogen and oxygen atoms in total. The fourth-order valence-corrected chi connectivity index (χ4v) is 2.15. The van der Waals surface area contributed by atoms with Crippen LogP contribution >= 0.6 is 0 Å². The van der Waals surface area contributed by atoms with Gasteiger partial charge in [0.15, 0.2) is 0 Å². The summed E-state index contributed by atoms with van der Waals surface area (Å²) in [6.07, 6.45) is 1.62. The quantitative estimate of drug-likeness (QED) is 0.746. The van der Waals surface area contributed by atoms with Crippen LogP contribution in [-0.2, 0) is 0 Å². The molecule has 0 spiro atoms. The molecule has 0 amide bonds. The third-order valence-corrected chi connectivity index (χ3v) is 3.13. The van der Waals surface area contributed by atoms with E-state index in [0.717, 1.165) is 11.3 Å². The van der Waals surface area contributed by atoms with Crippen molar-refractivity contribution in [2.45, 2.75) is 6.04 Å². The van der Waals surface area contributed by atoms with E-state index in [4.69, 9.17) is 4.42 Å². The lowest BCUT2D eigenvalue weighted by molar-refractivity contribution is 0.498. The summed E-state index contributed by atoms with van der Waals surface area (Å²) in [5.41, 5.74) is 1.48. The maximum absolute atomic E-state index is 13.8. The van der Waals surface area contributed by atoms with Crippen LogP contribution in [0.5, 0.6) is 0 Å². The van der Waals surface area contributed by atoms with E-state index >= 15 is 0 Å². The van der Waals surface area contributed by atoms with Crippen molar-refractivity contribution >= 4 is 5.69 Å². The Balaban J connectivity index is 1.97. The summed E-state index contributed by atoms with van der Waals surface area (Å²) in [6.45, 7) is 0. The first-order chi connectivity index (χ1) is 9.84. The van der Waals surface area contributed by atoms with Crippen LogP contribution in [0.2, 0.25) is 0 Å². The molecule has 0 saturated carbocycles. The summed E-state index contributed by atoms with van der Waals surface area (Å²) >= 11 is 0. The van der Waals surface area contributed by atoms with E-state index in [2.05, 4.69) is 5.32 Å². The van der Waals surface area contributed by atoms with Gasteiger partial charge in [-0.15, -0.1) is 0 Å². The van der Waals surface area contributed by atoms with Gasteiger partial charge in [0.05, 0.1) is 12.0 Å². The Bertz CT molecular complexity index is 664. The second-order valence-electron chi connectivity index (χ2n) is 4.48. The predicted molar refractivity (Wildman–Crippen MR) is 77.0 cm³/mol. The topological polar surface area (TPSA) is 25.2 Å². The van der Waals surface area contributed by atoms with Crippen molar-refractivity contribution in [1.82, 2.24) is 0 Å². The number of nitrogens with one attached hydrogen (secondary N) is 1. The maximum Gasteiger partial charge on any atom is 0.146 e. The van der Waals surface area contributed by atoms with Crippen molar-refractivity contribution in [2.75, 3.05) is 5.32 Å². The van der Waals surface area contributed by atoms with E-state index in [1.807, 2.05) is 42.5 Å². The number of halogens is 1. The Kier molecular flexibility index (Phi) is 3.50. The minimum absolute atomic E-state index is 0.219. The van der Waals surface area contributed by atoms with Gasteiger partial charge in [-0.3, -0.25) is 0 Å². The number of hydrogen-bond donors (Lipinski definition) is 1. The summed E-state index contributed by atoms with van der Waals surface area (Å²) in [4.78, 5) is 0. The standard InChI is InChI=1S/C17H14FNO/c18-14-9-4-5-10-15(14)19-17(16-11-6-12-20-16)13-7-2-1-3-8-13/h1-12,17,19H. The van der Waals surface area contributed by atoms with E-state index in [-0.39, 0.29) is 11.9 Å². The molecule has 1 unspecified atom stereocenters. The Morgan fingerprint density at radius 3 is 2.30 bits per heavy atom. The summed E-state index contributed by atoms with van der Waals surface area (Å²) in [7, 11) is 0. The lowest BCUT2D eigenvalue weighted by Gasteiger charge is -2.18. The lowest BCUT2D eigenvalue weighted by Crippen LogP contribution is -2.12. The van der Waals surface area contributed by atoms with Gasteiger partial charge in [0.25, 0.3) is 0 Å². The molecule has 0 aliphatic rings. The molecule has 0 aliphatic carbocycles. The molecule has 0 saturated heterocycles. The summed E-state index contributed by atoms with van der Waals surface area (Å²) in [5.74, 6) is 0.472. The minimum atomic E-state index is -0.278. The zero-order valence-corrected chi connectivity index (χ0v) is 10.8. The van der Waals surface area contributed by atoms with E-state index in [0.29, 0.717) is 5.69 Å². The van der Waals surface area contributed by atoms with Gasteiger partial charge in [-0.05, 0) is 29.8 Å². The Labute approximate surface area is 116 Å². The van der Waals surface area contributed by atoms with Crippen LogP contribution in [0.25, 0.3) is 0 Å². The minimum Gasteiger partial charge on any atom is -0.467 e. The van der Waals surface area contributed by atoms with Crippen LogP contribution in [0.3, 0.4) is 0 Å². The zero-order chi connectivity index (χ0) is 13.8. The fraction of sp³-hybridized carbons (Fsp3) is 0.0588. The van der Waals surface area contributed by atoms with Crippen LogP contribution in [0, 0.1) is 5.82 Å². The van der Waals surface area contributed by atoms with Crippen LogP contribution in [0.4, 0.5) is 10.1 Å². The first-order valence-corrected chi connectivity index (χ1v) is 6.44. The van der Waals surface area contributed by atoms with Gasteiger partial charge < -0.3 is 9.73 Å². The van der Waals surface area contributed by atoms with E-state index in [1.165, 1.54) is 6.07 Å². The maximum atomic E-state index is 13.8. The summed E-state index contributed by atoms with van der Waals surface area (Å²) < 4.78 is 19.3. The molecule has 3 heteroatoms. The molecule has 0 radical (unpaired) electrons. The van der Waals surface area contributed by atoms with Gasteiger partial charge in [0, 0.05) is 0 Å². The number of benzene rings is 2. The highest BCUT2D eigenvalue weighted by molar-refractivity contribution is 5.48. The molecular formula is C17H14FNO. The van der Waals surface area contributed by atoms with Gasteiger partial charge >= 0.3 is 0 Å². The first kappa shape index (κ1) is 12.5. The summed E-state index contributed by atoms with van der Waals surface area (Å²) in [6, 6.07) is 19.9. The van der Waals surface area contributed by atoms with Crippen molar-refractivity contribution in [3.63, 3.8) is 0 Å². The third kappa shape index (κ3) is 2.57. The van der Waals surface area contributed by atoms with Gasteiger partial charge in [-0.2, -0.15) is 0 Å². The van der Waals surface area contributed by atoms with Crippen LogP contribution in [-0.4, -0.2) is 0 Å². The molecule has 20 heavy (non-hydrogen) atoms. The number of anilines is 1. The molecule has 0 aliphatic heterocycles. The van der Waals surface area contributed by atoms with E-state index in [9.17, 15) is 4.39 Å². The number of rotatable bonds is 4. The number of para-hydroxylation sites is 1. The number of furan rings is 1. The average Bonchev–Trinajstić information content (AvgIpc) is 3.01. The molecule has 0 bridgehead atoms. The molecule has 1 atom stereocenters. The Hall–Kier alpha value is -2.55. The monoisotopic (exact) mass is 267 g/mol. The van der Waals surface area contributed by atoms with Crippen molar-refractivity contribution in [2.24, 2.45) is 0 Å². The first-order valence-electron chi connectivity index (χ1n) is 6.44. The Morgan fingerprint density at radius 1 is 0.850 bits per heavy atom. The predicted octanol–water partition coefficient (Wildman–Crippen LogP) is 4.62. The molecule has 0 fully saturated rings. The highest BCUT2D eigenvalue weighted by Gasteiger charge is 2.17. The molecule has 3 aromatic rings. The number of hydrogen-bond acceptors (Lipinski definition) is 2. The van der Waals surface area contributed by atoms with Gasteiger partial charge in [-0.25, -0.2) is 4.39 Å². The van der Waals surface area contributed by atoms with Gasteiger partial charge in [0.2, 0.25) is 0 Å². The normalized spacial score (nSPS) is 12.1. The highest BCUT2D eigenvalue weighted by Crippen LogP contribution is 2.28. The van der Waals surface area contributed by atoms with E-state index < -0.39 is 0 Å². The van der Waals surface area contributed by atoms with Crippen LogP contribution in [0.1, 0.15) is 17.4 Å². The Morgan fingerprint density at radius 2 is 1.60 bits per heavy atom. The van der Waals surface area contributed by atoms with Gasteiger partial charge in [0.1, 0.15) is 17.6 Å². The molecule has 1 N–H and O–H groups in total. The molecule has 1 aromatic heterocycles. The summed E-state index contributed by atoms with van der Waals surface area (Å²) in [5, 5.41) is 3.20. The average molecular weight is 267 g/mol. The fourth-order valence-electron chi connectivity index (χ4n) is 2.15. The van der Waals surface area contributed by atoms with Crippen molar-refractivity contribution in [3.8, 4) is 0 Å². The zero-order valence-electron chi connectivity index (χ0n) is 10.8. The van der Waals surface area contributed by atoms with Crippen molar-refractivity contribution in [3.05, 3.63) is 90.1 Å². The SMILES string of the molecule is Fc1ccccc1NC(c1ccccc1)c1ccco1. The van der Waals surface area contributed by atoms with Crippen molar-refractivity contribution < 1.29 is 8.81 Å². The molecular weight excluding hydrogens is 253 g/mol. The third-order valence-electron chi connectivity index (χ3n) is 3.13. The smallest absolute Gasteiger partial charge is 0.146 e. The van der Waals surface area contributed by atoms with Gasteiger partial charge in [-0.1, -0.05) is 42.5 Å². The molecule has 1 heterocycles. The molecule has 2 aromatic carbocycles.